The van der Waals surface area contributed by atoms with Crippen molar-refractivity contribution in [3.63, 3.8) is 0 Å². The zero-order chi connectivity index (χ0) is 11.5. The molecule has 2 rings (SSSR count). The molecule has 0 spiro atoms. The third-order valence-electron chi connectivity index (χ3n) is 2.82. The lowest BCUT2D eigenvalue weighted by Crippen LogP contribution is -2.42. The summed E-state index contributed by atoms with van der Waals surface area (Å²) in [5.41, 5.74) is 3.11. The molecule has 1 aliphatic heterocycles. The van der Waals surface area contributed by atoms with Gasteiger partial charge in [0.25, 0.3) is 5.91 Å². The zero-order valence-electron chi connectivity index (χ0n) is 9.22. The topological polar surface area (TPSA) is 82.2 Å². The van der Waals surface area contributed by atoms with Crippen molar-refractivity contribution < 1.29 is 9.53 Å². The van der Waals surface area contributed by atoms with E-state index in [1.54, 1.807) is 6.33 Å². The molecule has 1 amide bonds. The van der Waals surface area contributed by atoms with Crippen LogP contribution in [0.25, 0.3) is 0 Å². The van der Waals surface area contributed by atoms with Crippen LogP contribution in [0.1, 0.15) is 12.1 Å². The molecule has 0 radical (unpaired) electrons. The quantitative estimate of drug-likeness (QED) is 0.415. The second kappa shape index (κ2) is 4.63. The first-order valence-corrected chi connectivity index (χ1v) is 5.31. The SMILES string of the molecule is Cc1cn(CC2CCOC2C(=O)NN)cn1. The van der Waals surface area contributed by atoms with Crippen molar-refractivity contribution in [2.45, 2.75) is 26.0 Å². The highest BCUT2D eigenvalue weighted by Crippen LogP contribution is 2.22. The Balaban J connectivity index is 2.01. The standard InChI is InChI=1S/C10H16N4O2/c1-7-4-14(6-12-7)5-8-2-3-16-9(8)10(15)13-11/h4,6,8-9H,2-3,5,11H2,1H3,(H,13,15). The summed E-state index contributed by atoms with van der Waals surface area (Å²) in [6.45, 7) is 3.28. The number of nitrogens with one attached hydrogen (secondary N) is 1. The number of aryl methyl sites for hydroxylation is 1. The first kappa shape index (κ1) is 11.1. The molecule has 3 N–H and O–H groups in total. The third kappa shape index (κ3) is 2.23. The number of ether oxygens (including phenoxy) is 1. The Bertz CT molecular complexity index is 377. The number of nitrogens with two attached hydrogens (primary N) is 1. The summed E-state index contributed by atoms with van der Waals surface area (Å²) in [6.07, 6.45) is 4.16. The molecule has 1 aromatic rings. The Labute approximate surface area is 93.8 Å². The van der Waals surface area contributed by atoms with E-state index < -0.39 is 6.10 Å². The lowest BCUT2D eigenvalue weighted by Gasteiger charge is -2.16. The van der Waals surface area contributed by atoms with Crippen LogP contribution in [0.3, 0.4) is 0 Å². The van der Waals surface area contributed by atoms with Crippen LogP contribution in [-0.4, -0.2) is 28.2 Å². The average molecular weight is 224 g/mol. The maximum atomic E-state index is 11.4. The van der Waals surface area contributed by atoms with Gasteiger partial charge in [0.2, 0.25) is 0 Å². The molecule has 0 saturated carbocycles. The van der Waals surface area contributed by atoms with Crippen LogP contribution in [-0.2, 0) is 16.1 Å². The molecule has 0 aromatic carbocycles. The molecule has 1 saturated heterocycles. The van der Waals surface area contributed by atoms with Crippen molar-refractivity contribution in [1.29, 1.82) is 0 Å². The zero-order valence-corrected chi connectivity index (χ0v) is 9.22. The van der Waals surface area contributed by atoms with Crippen molar-refractivity contribution in [3.05, 3.63) is 18.2 Å². The highest BCUT2D eigenvalue weighted by molar-refractivity contribution is 5.80. The maximum Gasteiger partial charge on any atom is 0.263 e. The van der Waals surface area contributed by atoms with Crippen molar-refractivity contribution >= 4 is 5.91 Å². The molecule has 1 aromatic heterocycles. The van der Waals surface area contributed by atoms with Gasteiger partial charge in [-0.05, 0) is 13.3 Å². The van der Waals surface area contributed by atoms with E-state index in [1.165, 1.54) is 0 Å². The summed E-state index contributed by atoms with van der Waals surface area (Å²) in [7, 11) is 0. The van der Waals surface area contributed by atoms with E-state index in [1.807, 2.05) is 17.7 Å². The second-order valence-electron chi connectivity index (χ2n) is 4.06. The average Bonchev–Trinajstić information content (AvgIpc) is 2.87. The summed E-state index contributed by atoms with van der Waals surface area (Å²) in [6, 6.07) is 0. The van der Waals surface area contributed by atoms with Crippen molar-refractivity contribution in [3.8, 4) is 0 Å². The largest absolute Gasteiger partial charge is 0.368 e. The molecular formula is C10H16N4O2. The van der Waals surface area contributed by atoms with E-state index >= 15 is 0 Å². The monoisotopic (exact) mass is 224 g/mol. The van der Waals surface area contributed by atoms with Crippen molar-refractivity contribution in [2.75, 3.05) is 6.61 Å². The number of amides is 1. The molecule has 0 aliphatic carbocycles. The fraction of sp³-hybridized carbons (Fsp3) is 0.600. The number of aromatic nitrogens is 2. The summed E-state index contributed by atoms with van der Waals surface area (Å²) in [4.78, 5) is 15.6. The molecule has 6 heteroatoms. The summed E-state index contributed by atoms with van der Waals surface area (Å²) in [5, 5.41) is 0. The number of nitrogens with zero attached hydrogens (tertiary/aromatic N) is 2. The highest BCUT2D eigenvalue weighted by Gasteiger charge is 2.33. The van der Waals surface area contributed by atoms with E-state index in [0.29, 0.717) is 6.61 Å². The van der Waals surface area contributed by atoms with E-state index in [2.05, 4.69) is 10.4 Å². The molecule has 1 aliphatic rings. The Hall–Kier alpha value is -1.40. The summed E-state index contributed by atoms with van der Waals surface area (Å²) in [5.74, 6) is 5.03. The number of carbonyl (C=O) groups is 1. The smallest absolute Gasteiger partial charge is 0.263 e. The van der Waals surface area contributed by atoms with Gasteiger partial charge in [0, 0.05) is 25.3 Å². The van der Waals surface area contributed by atoms with Crippen LogP contribution < -0.4 is 11.3 Å². The fourth-order valence-corrected chi connectivity index (χ4v) is 2.04. The number of rotatable bonds is 3. The van der Waals surface area contributed by atoms with Gasteiger partial charge >= 0.3 is 0 Å². The molecular weight excluding hydrogens is 208 g/mol. The Morgan fingerprint density at radius 1 is 1.81 bits per heavy atom. The van der Waals surface area contributed by atoms with Crippen LogP contribution in [0.2, 0.25) is 0 Å². The molecule has 1 fully saturated rings. The Morgan fingerprint density at radius 3 is 3.25 bits per heavy atom. The number of hydrogen-bond acceptors (Lipinski definition) is 4. The predicted molar refractivity (Wildman–Crippen MR) is 57.1 cm³/mol. The van der Waals surface area contributed by atoms with Crippen LogP contribution >= 0.6 is 0 Å². The number of hydrogen-bond donors (Lipinski definition) is 2. The van der Waals surface area contributed by atoms with Crippen LogP contribution in [0.4, 0.5) is 0 Å². The van der Waals surface area contributed by atoms with Gasteiger partial charge in [-0.25, -0.2) is 10.8 Å². The lowest BCUT2D eigenvalue weighted by atomic mass is 10.0. The number of hydrazine groups is 1. The minimum Gasteiger partial charge on any atom is -0.368 e. The normalized spacial score (nSPS) is 24.6. The molecule has 88 valence electrons. The van der Waals surface area contributed by atoms with Gasteiger partial charge in [0.15, 0.2) is 0 Å². The minimum atomic E-state index is -0.437. The molecule has 16 heavy (non-hydrogen) atoms. The minimum absolute atomic E-state index is 0.164. The van der Waals surface area contributed by atoms with Crippen LogP contribution in [0, 0.1) is 12.8 Å². The fourth-order valence-electron chi connectivity index (χ4n) is 2.04. The van der Waals surface area contributed by atoms with Gasteiger partial charge < -0.3 is 9.30 Å². The van der Waals surface area contributed by atoms with Gasteiger partial charge in [-0.1, -0.05) is 0 Å². The first-order valence-electron chi connectivity index (χ1n) is 5.31. The highest BCUT2D eigenvalue weighted by atomic mass is 16.5. The molecule has 2 heterocycles. The van der Waals surface area contributed by atoms with E-state index in [-0.39, 0.29) is 11.8 Å². The second-order valence-corrected chi connectivity index (χ2v) is 4.06. The molecule has 2 unspecified atom stereocenters. The van der Waals surface area contributed by atoms with Crippen molar-refractivity contribution in [2.24, 2.45) is 11.8 Å². The van der Waals surface area contributed by atoms with Gasteiger partial charge in [0.05, 0.1) is 12.0 Å². The van der Waals surface area contributed by atoms with E-state index in [9.17, 15) is 4.79 Å². The Kier molecular flexibility index (Phi) is 3.21. The van der Waals surface area contributed by atoms with Gasteiger partial charge in [-0.2, -0.15) is 0 Å². The molecule has 0 bridgehead atoms. The van der Waals surface area contributed by atoms with E-state index in [0.717, 1.165) is 18.7 Å². The summed E-state index contributed by atoms with van der Waals surface area (Å²) >= 11 is 0. The molecule has 2 atom stereocenters. The van der Waals surface area contributed by atoms with Gasteiger partial charge in [0.1, 0.15) is 6.10 Å². The van der Waals surface area contributed by atoms with E-state index in [4.69, 9.17) is 10.6 Å². The van der Waals surface area contributed by atoms with Crippen LogP contribution in [0.5, 0.6) is 0 Å². The van der Waals surface area contributed by atoms with Crippen LogP contribution in [0.15, 0.2) is 12.5 Å². The predicted octanol–water partition coefficient (Wildman–Crippen LogP) is -0.413. The van der Waals surface area contributed by atoms with Gasteiger partial charge in [-0.3, -0.25) is 10.2 Å². The first-order chi connectivity index (χ1) is 7.70. The van der Waals surface area contributed by atoms with Gasteiger partial charge in [-0.15, -0.1) is 0 Å². The Morgan fingerprint density at radius 2 is 2.62 bits per heavy atom. The number of carbonyl (C=O) groups excluding carboxylic acids is 1. The number of imidazole rings is 1. The molecule has 6 nitrogen and oxygen atoms in total. The van der Waals surface area contributed by atoms with Crippen molar-refractivity contribution in [1.82, 2.24) is 15.0 Å². The third-order valence-corrected chi connectivity index (χ3v) is 2.82. The maximum absolute atomic E-state index is 11.4. The summed E-state index contributed by atoms with van der Waals surface area (Å²) < 4.78 is 7.35. The lowest BCUT2D eigenvalue weighted by molar-refractivity contribution is -0.132.